The molecule has 0 aliphatic rings. The SMILES string of the molecule is CCC(C)CSc1cc(Br)ccc1C(C)O. The van der Waals surface area contributed by atoms with Crippen LogP contribution in [0.3, 0.4) is 0 Å². The van der Waals surface area contributed by atoms with Gasteiger partial charge in [-0.2, -0.15) is 0 Å². The first-order chi connectivity index (χ1) is 7.54. The van der Waals surface area contributed by atoms with E-state index >= 15 is 0 Å². The molecular formula is C13H19BrOS. The fourth-order valence-corrected chi connectivity index (χ4v) is 3.16. The molecule has 0 fully saturated rings. The number of aliphatic hydroxyl groups excluding tert-OH is 1. The van der Waals surface area contributed by atoms with E-state index in [-0.39, 0.29) is 0 Å². The van der Waals surface area contributed by atoms with E-state index in [9.17, 15) is 5.11 Å². The fraction of sp³-hybridized carbons (Fsp3) is 0.538. The van der Waals surface area contributed by atoms with E-state index in [4.69, 9.17) is 0 Å². The number of rotatable bonds is 5. The fourth-order valence-electron chi connectivity index (χ4n) is 1.33. The van der Waals surface area contributed by atoms with E-state index in [1.54, 1.807) is 0 Å². The Morgan fingerprint density at radius 3 is 2.62 bits per heavy atom. The second-order valence-corrected chi connectivity index (χ2v) is 6.16. The summed E-state index contributed by atoms with van der Waals surface area (Å²) in [5.74, 6) is 1.82. The molecule has 16 heavy (non-hydrogen) atoms. The van der Waals surface area contributed by atoms with Crippen molar-refractivity contribution < 1.29 is 5.11 Å². The van der Waals surface area contributed by atoms with E-state index in [0.717, 1.165) is 15.8 Å². The first kappa shape index (κ1) is 14.1. The van der Waals surface area contributed by atoms with Crippen LogP contribution in [0.15, 0.2) is 27.6 Å². The molecule has 1 N–H and O–H groups in total. The summed E-state index contributed by atoms with van der Waals surface area (Å²) in [6.45, 7) is 6.28. The minimum absolute atomic E-state index is 0.396. The largest absolute Gasteiger partial charge is 0.389 e. The van der Waals surface area contributed by atoms with Gasteiger partial charge in [-0.1, -0.05) is 42.3 Å². The van der Waals surface area contributed by atoms with Gasteiger partial charge in [0.2, 0.25) is 0 Å². The molecule has 1 aromatic rings. The molecule has 0 radical (unpaired) electrons. The van der Waals surface area contributed by atoms with E-state index < -0.39 is 6.10 Å². The molecule has 0 saturated heterocycles. The summed E-state index contributed by atoms with van der Waals surface area (Å²) in [7, 11) is 0. The predicted octanol–water partition coefficient (Wildman–Crippen LogP) is 4.64. The lowest BCUT2D eigenvalue weighted by Crippen LogP contribution is -1.98. The number of halogens is 1. The average Bonchev–Trinajstić information content (AvgIpc) is 2.25. The maximum atomic E-state index is 9.69. The molecule has 1 rings (SSSR count). The van der Waals surface area contributed by atoms with Gasteiger partial charge in [0.05, 0.1) is 6.10 Å². The van der Waals surface area contributed by atoms with E-state index in [2.05, 4.69) is 35.8 Å². The maximum Gasteiger partial charge on any atom is 0.0772 e. The molecule has 0 saturated carbocycles. The van der Waals surface area contributed by atoms with Crippen LogP contribution in [0, 0.1) is 5.92 Å². The van der Waals surface area contributed by atoms with Gasteiger partial charge >= 0.3 is 0 Å². The Morgan fingerprint density at radius 1 is 1.38 bits per heavy atom. The molecule has 0 aliphatic carbocycles. The zero-order chi connectivity index (χ0) is 12.1. The molecular weight excluding hydrogens is 284 g/mol. The summed E-state index contributed by atoms with van der Waals surface area (Å²) in [4.78, 5) is 1.18. The van der Waals surface area contributed by atoms with E-state index in [0.29, 0.717) is 5.92 Å². The molecule has 2 atom stereocenters. The number of hydrogen-bond acceptors (Lipinski definition) is 2. The molecule has 90 valence electrons. The van der Waals surface area contributed by atoms with Crippen molar-refractivity contribution >= 4 is 27.7 Å². The summed E-state index contributed by atoms with van der Waals surface area (Å²) >= 11 is 5.31. The van der Waals surface area contributed by atoms with Crippen LogP contribution >= 0.6 is 27.7 Å². The molecule has 1 aromatic carbocycles. The van der Waals surface area contributed by atoms with Crippen molar-refractivity contribution in [2.75, 3.05) is 5.75 Å². The van der Waals surface area contributed by atoms with Gasteiger partial charge < -0.3 is 5.11 Å². The average molecular weight is 303 g/mol. The number of thioether (sulfide) groups is 1. The Hall–Kier alpha value is 0.01000. The van der Waals surface area contributed by atoms with E-state index in [1.807, 2.05) is 30.8 Å². The molecule has 0 heterocycles. The van der Waals surface area contributed by atoms with Crippen molar-refractivity contribution in [1.29, 1.82) is 0 Å². The highest BCUT2D eigenvalue weighted by atomic mass is 79.9. The van der Waals surface area contributed by atoms with Gasteiger partial charge in [0.25, 0.3) is 0 Å². The van der Waals surface area contributed by atoms with Gasteiger partial charge in [0.15, 0.2) is 0 Å². The molecule has 0 spiro atoms. The lowest BCUT2D eigenvalue weighted by atomic mass is 10.1. The zero-order valence-corrected chi connectivity index (χ0v) is 12.4. The summed E-state index contributed by atoms with van der Waals surface area (Å²) in [5, 5.41) is 9.69. The maximum absolute atomic E-state index is 9.69. The molecule has 0 aromatic heterocycles. The van der Waals surface area contributed by atoms with Crippen LogP contribution in [0.4, 0.5) is 0 Å². The van der Waals surface area contributed by atoms with Crippen molar-refractivity contribution in [3.8, 4) is 0 Å². The van der Waals surface area contributed by atoms with Gasteiger partial charge in [0.1, 0.15) is 0 Å². The minimum Gasteiger partial charge on any atom is -0.389 e. The monoisotopic (exact) mass is 302 g/mol. The van der Waals surface area contributed by atoms with Gasteiger partial charge in [-0.25, -0.2) is 0 Å². The number of aliphatic hydroxyl groups is 1. The van der Waals surface area contributed by atoms with Crippen LogP contribution in [0.2, 0.25) is 0 Å². The van der Waals surface area contributed by atoms with Crippen LogP contribution in [-0.4, -0.2) is 10.9 Å². The first-order valence-corrected chi connectivity index (χ1v) is 7.42. The molecule has 0 aliphatic heterocycles. The predicted molar refractivity (Wildman–Crippen MR) is 75.0 cm³/mol. The van der Waals surface area contributed by atoms with Crippen LogP contribution < -0.4 is 0 Å². The second kappa shape index (κ2) is 6.67. The summed E-state index contributed by atoms with van der Waals surface area (Å²) in [5.41, 5.74) is 1.02. The topological polar surface area (TPSA) is 20.2 Å². The highest BCUT2D eigenvalue weighted by Crippen LogP contribution is 2.31. The Kier molecular flexibility index (Phi) is 5.87. The third kappa shape index (κ3) is 4.11. The van der Waals surface area contributed by atoms with Crippen molar-refractivity contribution in [1.82, 2.24) is 0 Å². The van der Waals surface area contributed by atoms with Gasteiger partial charge in [0, 0.05) is 15.1 Å². The quantitative estimate of drug-likeness (QED) is 0.800. The number of benzene rings is 1. The second-order valence-electron chi connectivity index (χ2n) is 4.18. The standard InChI is InChI=1S/C13H19BrOS/c1-4-9(2)8-16-13-7-11(14)5-6-12(13)10(3)15/h5-7,9-10,15H,4,8H2,1-3H3. The lowest BCUT2D eigenvalue weighted by Gasteiger charge is -2.14. The van der Waals surface area contributed by atoms with Gasteiger partial charge in [-0.3, -0.25) is 0 Å². The molecule has 1 nitrogen and oxygen atoms in total. The lowest BCUT2D eigenvalue weighted by molar-refractivity contribution is 0.196. The van der Waals surface area contributed by atoms with Crippen LogP contribution in [0.5, 0.6) is 0 Å². The third-order valence-corrected chi connectivity index (χ3v) is 4.54. The summed E-state index contributed by atoms with van der Waals surface area (Å²) < 4.78 is 1.07. The molecule has 0 bridgehead atoms. The van der Waals surface area contributed by atoms with Crippen molar-refractivity contribution in [2.24, 2.45) is 5.92 Å². The van der Waals surface area contributed by atoms with Gasteiger partial charge in [-0.15, -0.1) is 11.8 Å². The van der Waals surface area contributed by atoms with Crippen LogP contribution in [0.25, 0.3) is 0 Å². The van der Waals surface area contributed by atoms with E-state index in [1.165, 1.54) is 11.3 Å². The summed E-state index contributed by atoms with van der Waals surface area (Å²) in [6.07, 6.45) is 0.804. The third-order valence-electron chi connectivity index (χ3n) is 2.65. The van der Waals surface area contributed by atoms with Crippen molar-refractivity contribution in [2.45, 2.75) is 38.2 Å². The van der Waals surface area contributed by atoms with Crippen molar-refractivity contribution in [3.05, 3.63) is 28.2 Å². The van der Waals surface area contributed by atoms with Crippen LogP contribution in [0.1, 0.15) is 38.9 Å². The Labute approximate surface area is 111 Å². The summed E-state index contributed by atoms with van der Waals surface area (Å²) in [6, 6.07) is 6.07. The highest BCUT2D eigenvalue weighted by molar-refractivity contribution is 9.10. The number of hydrogen-bond donors (Lipinski definition) is 1. The molecule has 0 amide bonds. The zero-order valence-electron chi connectivity index (χ0n) is 10.0. The Morgan fingerprint density at radius 2 is 2.06 bits per heavy atom. The smallest absolute Gasteiger partial charge is 0.0772 e. The molecule has 2 unspecified atom stereocenters. The minimum atomic E-state index is -0.396. The van der Waals surface area contributed by atoms with Gasteiger partial charge in [-0.05, 0) is 30.5 Å². The normalized spacial score (nSPS) is 14.8. The molecule has 3 heteroatoms. The highest BCUT2D eigenvalue weighted by Gasteiger charge is 2.10. The van der Waals surface area contributed by atoms with Crippen molar-refractivity contribution in [3.63, 3.8) is 0 Å². The van der Waals surface area contributed by atoms with Crippen LogP contribution in [-0.2, 0) is 0 Å². The Bertz CT molecular complexity index is 339. The first-order valence-electron chi connectivity index (χ1n) is 5.64. The Balaban J connectivity index is 2.80.